The van der Waals surface area contributed by atoms with Crippen LogP contribution in [-0.4, -0.2) is 15.0 Å². The molecular weight excluding hydrogens is 290 g/mol. The highest BCUT2D eigenvalue weighted by atomic mass is 35.5. The Hall–Kier alpha value is -2.44. The lowest BCUT2D eigenvalue weighted by Crippen LogP contribution is -2.09. The number of benzene rings is 1. The number of nitrogens with one attached hydrogen (secondary N) is 1. The molecular formula is C14H12ClN5O. The Morgan fingerprint density at radius 1 is 1.14 bits per heavy atom. The molecule has 0 radical (unpaired) electrons. The number of hydrazine groups is 1. The number of rotatable bonds is 4. The molecule has 21 heavy (non-hydrogen) atoms. The van der Waals surface area contributed by atoms with E-state index in [0.717, 1.165) is 10.9 Å². The SMILES string of the molecule is NNc1cnc(COc2ccc(Cl)c3cccnc23)cn1. The minimum absolute atomic E-state index is 0.283. The van der Waals surface area contributed by atoms with Gasteiger partial charge >= 0.3 is 0 Å². The quantitative estimate of drug-likeness (QED) is 0.569. The average Bonchev–Trinajstić information content (AvgIpc) is 2.55. The number of nitrogen functional groups attached to an aromatic ring is 1. The van der Waals surface area contributed by atoms with Crippen LogP contribution in [-0.2, 0) is 6.61 Å². The molecule has 0 aliphatic carbocycles. The predicted octanol–water partition coefficient (Wildman–Crippen LogP) is 2.54. The first-order valence-corrected chi connectivity index (χ1v) is 6.59. The van der Waals surface area contributed by atoms with Crippen LogP contribution in [0.15, 0.2) is 42.9 Å². The van der Waals surface area contributed by atoms with Gasteiger partial charge in [-0.1, -0.05) is 11.6 Å². The molecule has 3 aromatic rings. The molecule has 3 N–H and O–H groups in total. The molecule has 0 saturated carbocycles. The van der Waals surface area contributed by atoms with Crippen LogP contribution >= 0.6 is 11.6 Å². The number of ether oxygens (including phenoxy) is 1. The fourth-order valence-corrected chi connectivity index (χ4v) is 2.10. The Balaban J connectivity index is 1.83. The van der Waals surface area contributed by atoms with Crippen LogP contribution in [0.3, 0.4) is 0 Å². The normalized spacial score (nSPS) is 10.6. The zero-order valence-electron chi connectivity index (χ0n) is 11.0. The van der Waals surface area contributed by atoms with E-state index in [9.17, 15) is 0 Å². The molecule has 0 aliphatic rings. The van der Waals surface area contributed by atoms with Gasteiger partial charge in [0.2, 0.25) is 0 Å². The lowest BCUT2D eigenvalue weighted by atomic mass is 10.2. The van der Waals surface area contributed by atoms with E-state index in [0.29, 0.717) is 22.3 Å². The maximum atomic E-state index is 6.14. The summed E-state index contributed by atoms with van der Waals surface area (Å²) >= 11 is 6.14. The number of hydrogen-bond donors (Lipinski definition) is 2. The lowest BCUT2D eigenvalue weighted by Gasteiger charge is -2.09. The van der Waals surface area contributed by atoms with Gasteiger partial charge in [0.1, 0.15) is 17.9 Å². The van der Waals surface area contributed by atoms with Crippen LogP contribution in [0.2, 0.25) is 5.02 Å². The van der Waals surface area contributed by atoms with Crippen molar-refractivity contribution in [3.63, 3.8) is 0 Å². The number of aromatic nitrogens is 3. The number of fused-ring (bicyclic) bond motifs is 1. The molecule has 7 heteroatoms. The Morgan fingerprint density at radius 2 is 2.05 bits per heavy atom. The van der Waals surface area contributed by atoms with Crippen molar-refractivity contribution >= 4 is 28.3 Å². The molecule has 0 atom stereocenters. The van der Waals surface area contributed by atoms with E-state index in [1.165, 1.54) is 6.20 Å². The first-order valence-electron chi connectivity index (χ1n) is 6.21. The number of halogens is 1. The van der Waals surface area contributed by atoms with Crippen LogP contribution in [0.1, 0.15) is 5.69 Å². The van der Waals surface area contributed by atoms with Crippen molar-refractivity contribution in [1.82, 2.24) is 15.0 Å². The molecule has 0 spiro atoms. The molecule has 2 aromatic heterocycles. The van der Waals surface area contributed by atoms with E-state index in [-0.39, 0.29) is 6.61 Å². The van der Waals surface area contributed by atoms with Gasteiger partial charge in [-0.2, -0.15) is 0 Å². The third kappa shape index (κ3) is 2.86. The highest BCUT2D eigenvalue weighted by molar-refractivity contribution is 6.35. The van der Waals surface area contributed by atoms with Gasteiger partial charge in [0.15, 0.2) is 5.82 Å². The van der Waals surface area contributed by atoms with Crippen molar-refractivity contribution in [1.29, 1.82) is 0 Å². The Kier molecular flexibility index (Phi) is 3.81. The van der Waals surface area contributed by atoms with Crippen molar-refractivity contribution in [3.05, 3.63) is 53.6 Å². The van der Waals surface area contributed by atoms with E-state index in [2.05, 4.69) is 20.4 Å². The van der Waals surface area contributed by atoms with E-state index in [4.69, 9.17) is 22.2 Å². The van der Waals surface area contributed by atoms with Crippen LogP contribution in [0.4, 0.5) is 5.82 Å². The Bertz CT molecular complexity index is 763. The molecule has 6 nitrogen and oxygen atoms in total. The third-order valence-corrected chi connectivity index (χ3v) is 3.24. The largest absolute Gasteiger partial charge is 0.485 e. The van der Waals surface area contributed by atoms with Gasteiger partial charge < -0.3 is 10.2 Å². The van der Waals surface area contributed by atoms with Gasteiger partial charge in [0, 0.05) is 11.6 Å². The first-order chi connectivity index (χ1) is 10.3. The van der Waals surface area contributed by atoms with E-state index >= 15 is 0 Å². The Morgan fingerprint density at radius 3 is 2.81 bits per heavy atom. The summed E-state index contributed by atoms with van der Waals surface area (Å²) in [6, 6.07) is 7.32. The number of pyridine rings is 1. The smallest absolute Gasteiger partial charge is 0.158 e. The van der Waals surface area contributed by atoms with Crippen molar-refractivity contribution in [2.75, 3.05) is 5.43 Å². The van der Waals surface area contributed by atoms with Crippen molar-refractivity contribution in [2.24, 2.45) is 5.84 Å². The number of nitrogens with zero attached hydrogens (tertiary/aromatic N) is 3. The molecule has 0 unspecified atom stereocenters. The second kappa shape index (κ2) is 5.90. The minimum Gasteiger partial charge on any atom is -0.485 e. The van der Waals surface area contributed by atoms with Gasteiger partial charge in [-0.05, 0) is 24.3 Å². The van der Waals surface area contributed by atoms with Crippen molar-refractivity contribution < 1.29 is 4.74 Å². The summed E-state index contributed by atoms with van der Waals surface area (Å²) in [5, 5.41) is 1.49. The molecule has 106 valence electrons. The van der Waals surface area contributed by atoms with Gasteiger partial charge in [-0.25, -0.2) is 10.8 Å². The molecule has 0 fully saturated rings. The summed E-state index contributed by atoms with van der Waals surface area (Å²) in [5.74, 6) is 6.39. The predicted molar refractivity (Wildman–Crippen MR) is 80.9 cm³/mol. The summed E-state index contributed by atoms with van der Waals surface area (Å²) < 4.78 is 5.76. The molecule has 2 heterocycles. The van der Waals surface area contributed by atoms with Crippen LogP contribution in [0.5, 0.6) is 5.75 Å². The summed E-state index contributed by atoms with van der Waals surface area (Å²) in [7, 11) is 0. The van der Waals surface area contributed by atoms with E-state index in [1.54, 1.807) is 24.5 Å². The van der Waals surface area contributed by atoms with Crippen LogP contribution < -0.4 is 16.0 Å². The van der Waals surface area contributed by atoms with Crippen molar-refractivity contribution in [2.45, 2.75) is 6.61 Å². The Labute approximate surface area is 125 Å². The molecule has 3 rings (SSSR count). The number of hydrogen-bond acceptors (Lipinski definition) is 6. The van der Waals surface area contributed by atoms with Gasteiger partial charge in [-0.3, -0.25) is 9.97 Å². The fourth-order valence-electron chi connectivity index (χ4n) is 1.88. The second-order valence-electron chi connectivity index (χ2n) is 4.27. The molecule has 1 aromatic carbocycles. The van der Waals surface area contributed by atoms with Crippen LogP contribution in [0.25, 0.3) is 10.9 Å². The monoisotopic (exact) mass is 301 g/mol. The molecule has 0 amide bonds. The first kappa shape index (κ1) is 13.5. The topological polar surface area (TPSA) is 86.0 Å². The van der Waals surface area contributed by atoms with Gasteiger partial charge in [0.05, 0.1) is 23.1 Å². The third-order valence-electron chi connectivity index (χ3n) is 2.91. The zero-order chi connectivity index (χ0) is 14.7. The van der Waals surface area contributed by atoms with E-state index < -0.39 is 0 Å². The second-order valence-corrected chi connectivity index (χ2v) is 4.68. The molecule has 0 aliphatic heterocycles. The summed E-state index contributed by atoms with van der Waals surface area (Å²) in [6.07, 6.45) is 4.84. The highest BCUT2D eigenvalue weighted by Crippen LogP contribution is 2.29. The summed E-state index contributed by atoms with van der Waals surface area (Å²) in [5.41, 5.74) is 3.83. The van der Waals surface area contributed by atoms with Crippen LogP contribution in [0, 0.1) is 0 Å². The summed E-state index contributed by atoms with van der Waals surface area (Å²) in [6.45, 7) is 0.283. The average molecular weight is 302 g/mol. The fraction of sp³-hybridized carbons (Fsp3) is 0.0714. The number of anilines is 1. The standard InChI is InChI=1S/C14H12ClN5O/c15-11-3-4-12(14-10(11)2-1-5-17-14)21-8-9-6-19-13(20-16)7-18-9/h1-7H,8,16H2,(H,19,20). The summed E-state index contributed by atoms with van der Waals surface area (Å²) in [4.78, 5) is 12.6. The lowest BCUT2D eigenvalue weighted by molar-refractivity contribution is 0.304. The van der Waals surface area contributed by atoms with Gasteiger partial charge in [-0.15, -0.1) is 0 Å². The zero-order valence-corrected chi connectivity index (χ0v) is 11.7. The van der Waals surface area contributed by atoms with E-state index in [1.807, 2.05) is 12.1 Å². The number of nitrogens with two attached hydrogens (primary N) is 1. The molecule has 0 saturated heterocycles. The maximum absolute atomic E-state index is 6.14. The van der Waals surface area contributed by atoms with Gasteiger partial charge in [0.25, 0.3) is 0 Å². The highest BCUT2D eigenvalue weighted by Gasteiger charge is 2.07. The maximum Gasteiger partial charge on any atom is 0.158 e. The van der Waals surface area contributed by atoms with Crippen molar-refractivity contribution in [3.8, 4) is 5.75 Å². The molecule has 0 bridgehead atoms. The minimum atomic E-state index is 0.283.